The van der Waals surface area contributed by atoms with Gasteiger partial charge in [0, 0.05) is 19.3 Å². The third kappa shape index (κ3) is 2.75. The van der Waals surface area contributed by atoms with Crippen molar-refractivity contribution < 1.29 is 8.42 Å². The second kappa shape index (κ2) is 5.01. The molecule has 102 valence electrons. The monoisotopic (exact) mass is 271 g/mol. The molecule has 2 rings (SSSR count). The molecule has 0 aromatic carbocycles. The standard InChI is InChI=1S/C12H21N3O2S/c1-9-5-4-6-12(10(9)2)14-18(16,17)11-7-13-15(3)8-11/h7-10,12,14H,4-6H2,1-3H3/t9-,10+,12-/m1/s1. The van der Waals surface area contributed by atoms with Gasteiger partial charge in [0.1, 0.15) is 4.90 Å². The molecule has 1 saturated carbocycles. The third-order valence-corrected chi connectivity index (χ3v) is 5.45. The van der Waals surface area contributed by atoms with Crippen LogP contribution < -0.4 is 4.72 Å². The summed E-state index contributed by atoms with van der Waals surface area (Å²) in [6.07, 6.45) is 6.11. The van der Waals surface area contributed by atoms with Gasteiger partial charge in [0.25, 0.3) is 0 Å². The largest absolute Gasteiger partial charge is 0.274 e. The summed E-state index contributed by atoms with van der Waals surface area (Å²) in [4.78, 5) is 0.246. The Morgan fingerprint density at radius 1 is 1.39 bits per heavy atom. The molecule has 1 aromatic heterocycles. The SMILES string of the molecule is C[C@H]1[C@H](C)CCC[C@H]1NS(=O)(=O)c1cnn(C)c1. The van der Waals surface area contributed by atoms with Crippen molar-refractivity contribution in [3.63, 3.8) is 0 Å². The van der Waals surface area contributed by atoms with Gasteiger partial charge >= 0.3 is 0 Å². The van der Waals surface area contributed by atoms with E-state index in [1.807, 2.05) is 0 Å². The Balaban J connectivity index is 2.13. The molecule has 0 radical (unpaired) electrons. The van der Waals surface area contributed by atoms with Crippen molar-refractivity contribution in [1.29, 1.82) is 0 Å². The van der Waals surface area contributed by atoms with Crippen LogP contribution >= 0.6 is 0 Å². The van der Waals surface area contributed by atoms with E-state index in [4.69, 9.17) is 0 Å². The maximum Gasteiger partial charge on any atom is 0.243 e. The third-order valence-electron chi connectivity index (χ3n) is 4.00. The molecular formula is C12H21N3O2S. The number of hydrogen-bond acceptors (Lipinski definition) is 3. The van der Waals surface area contributed by atoms with Gasteiger partial charge in [-0.1, -0.05) is 26.7 Å². The minimum Gasteiger partial charge on any atom is -0.274 e. The van der Waals surface area contributed by atoms with Crippen molar-refractivity contribution >= 4 is 10.0 Å². The molecule has 1 heterocycles. The van der Waals surface area contributed by atoms with Gasteiger partial charge in [0.15, 0.2) is 0 Å². The Morgan fingerprint density at radius 3 is 2.72 bits per heavy atom. The van der Waals surface area contributed by atoms with Crippen molar-refractivity contribution in [2.75, 3.05) is 0 Å². The van der Waals surface area contributed by atoms with Crippen LogP contribution in [0.1, 0.15) is 33.1 Å². The fourth-order valence-electron chi connectivity index (χ4n) is 2.55. The summed E-state index contributed by atoms with van der Waals surface area (Å²) >= 11 is 0. The number of nitrogens with zero attached hydrogens (tertiary/aromatic N) is 2. The molecule has 1 aromatic rings. The molecule has 0 saturated heterocycles. The summed E-state index contributed by atoms with van der Waals surface area (Å²) in [5.41, 5.74) is 0. The van der Waals surface area contributed by atoms with Crippen LogP contribution in [0, 0.1) is 11.8 Å². The van der Waals surface area contributed by atoms with Crippen molar-refractivity contribution in [2.45, 2.75) is 44.0 Å². The first-order chi connectivity index (χ1) is 8.40. The number of aryl methyl sites for hydroxylation is 1. The molecular weight excluding hydrogens is 250 g/mol. The van der Waals surface area contributed by atoms with Gasteiger partial charge in [-0.15, -0.1) is 0 Å². The Bertz CT molecular complexity index is 509. The molecule has 0 bridgehead atoms. The van der Waals surface area contributed by atoms with E-state index >= 15 is 0 Å². The zero-order valence-electron chi connectivity index (χ0n) is 11.1. The smallest absolute Gasteiger partial charge is 0.243 e. The predicted molar refractivity (Wildman–Crippen MR) is 69.5 cm³/mol. The molecule has 1 fully saturated rings. The molecule has 0 amide bonds. The minimum absolute atomic E-state index is 0.0407. The molecule has 1 aliphatic carbocycles. The molecule has 0 spiro atoms. The van der Waals surface area contributed by atoms with Crippen LogP contribution in [0.25, 0.3) is 0 Å². The van der Waals surface area contributed by atoms with E-state index in [1.165, 1.54) is 23.5 Å². The summed E-state index contributed by atoms with van der Waals surface area (Å²) in [6, 6.07) is 0.0407. The molecule has 3 atom stereocenters. The first kappa shape index (κ1) is 13.5. The van der Waals surface area contributed by atoms with E-state index in [1.54, 1.807) is 7.05 Å². The highest BCUT2D eigenvalue weighted by Gasteiger charge is 2.31. The molecule has 1 N–H and O–H groups in total. The van der Waals surface area contributed by atoms with Crippen molar-refractivity contribution in [2.24, 2.45) is 18.9 Å². The van der Waals surface area contributed by atoms with Gasteiger partial charge in [0.05, 0.1) is 6.20 Å². The topological polar surface area (TPSA) is 64.0 Å². The molecule has 5 nitrogen and oxygen atoms in total. The van der Waals surface area contributed by atoms with E-state index in [0.717, 1.165) is 12.8 Å². The van der Waals surface area contributed by atoms with Crippen molar-refractivity contribution in [1.82, 2.24) is 14.5 Å². The zero-order chi connectivity index (χ0) is 13.3. The van der Waals surface area contributed by atoms with Gasteiger partial charge < -0.3 is 0 Å². The van der Waals surface area contributed by atoms with E-state index in [2.05, 4.69) is 23.7 Å². The average Bonchev–Trinajstić information content (AvgIpc) is 2.72. The highest BCUT2D eigenvalue weighted by Crippen LogP contribution is 2.30. The molecule has 18 heavy (non-hydrogen) atoms. The number of aromatic nitrogens is 2. The second-order valence-corrected chi connectivity index (χ2v) is 7.06. The Hall–Kier alpha value is -0.880. The van der Waals surface area contributed by atoms with Gasteiger partial charge in [-0.05, 0) is 18.3 Å². The van der Waals surface area contributed by atoms with Crippen LogP contribution in [-0.4, -0.2) is 24.2 Å². The second-order valence-electron chi connectivity index (χ2n) is 5.34. The van der Waals surface area contributed by atoms with Crippen LogP contribution in [-0.2, 0) is 17.1 Å². The lowest BCUT2D eigenvalue weighted by Gasteiger charge is -2.34. The van der Waals surface area contributed by atoms with Crippen molar-refractivity contribution in [3.05, 3.63) is 12.4 Å². The first-order valence-corrected chi connectivity index (χ1v) is 7.89. The summed E-state index contributed by atoms with van der Waals surface area (Å²) in [5.74, 6) is 0.950. The van der Waals surface area contributed by atoms with E-state index in [-0.39, 0.29) is 10.9 Å². The summed E-state index contributed by atoms with van der Waals surface area (Å²) in [5, 5.41) is 3.91. The highest BCUT2D eigenvalue weighted by molar-refractivity contribution is 7.89. The fourth-order valence-corrected chi connectivity index (χ4v) is 3.90. The highest BCUT2D eigenvalue weighted by atomic mass is 32.2. The first-order valence-electron chi connectivity index (χ1n) is 6.41. The van der Waals surface area contributed by atoms with Crippen LogP contribution in [0.15, 0.2) is 17.3 Å². The van der Waals surface area contributed by atoms with Gasteiger partial charge in [-0.25, -0.2) is 13.1 Å². The maximum absolute atomic E-state index is 12.2. The number of hydrogen-bond donors (Lipinski definition) is 1. The minimum atomic E-state index is -3.43. The van der Waals surface area contributed by atoms with Crippen molar-refractivity contribution in [3.8, 4) is 0 Å². The van der Waals surface area contributed by atoms with Crippen LogP contribution in [0.3, 0.4) is 0 Å². The van der Waals surface area contributed by atoms with E-state index in [0.29, 0.717) is 11.8 Å². The summed E-state index contributed by atoms with van der Waals surface area (Å²) in [7, 11) is -1.72. The molecule has 0 unspecified atom stereocenters. The van der Waals surface area contributed by atoms with Crippen LogP contribution in [0.5, 0.6) is 0 Å². The molecule has 1 aliphatic rings. The van der Waals surface area contributed by atoms with Crippen LogP contribution in [0.2, 0.25) is 0 Å². The average molecular weight is 271 g/mol. The van der Waals surface area contributed by atoms with E-state index < -0.39 is 10.0 Å². The number of rotatable bonds is 3. The van der Waals surface area contributed by atoms with Gasteiger partial charge in [0.2, 0.25) is 10.0 Å². The van der Waals surface area contributed by atoms with Crippen LogP contribution in [0.4, 0.5) is 0 Å². The zero-order valence-corrected chi connectivity index (χ0v) is 11.9. The quantitative estimate of drug-likeness (QED) is 0.906. The lowest BCUT2D eigenvalue weighted by atomic mass is 9.78. The summed E-state index contributed by atoms with van der Waals surface area (Å²) in [6.45, 7) is 4.31. The fraction of sp³-hybridized carbons (Fsp3) is 0.750. The molecule has 0 aliphatic heterocycles. The Morgan fingerprint density at radius 2 is 2.11 bits per heavy atom. The van der Waals surface area contributed by atoms with Gasteiger partial charge in [-0.3, -0.25) is 4.68 Å². The Kier molecular flexibility index (Phi) is 3.77. The number of sulfonamides is 1. The van der Waals surface area contributed by atoms with Gasteiger partial charge in [-0.2, -0.15) is 5.10 Å². The molecule has 6 heteroatoms. The maximum atomic E-state index is 12.2. The number of nitrogens with one attached hydrogen (secondary N) is 1. The van der Waals surface area contributed by atoms with E-state index in [9.17, 15) is 8.42 Å². The lowest BCUT2D eigenvalue weighted by molar-refractivity contribution is 0.227. The normalized spacial score (nSPS) is 29.4. The Labute approximate surface area is 109 Å². The predicted octanol–water partition coefficient (Wildman–Crippen LogP) is 1.52. The lowest BCUT2D eigenvalue weighted by Crippen LogP contribution is -2.43. The summed E-state index contributed by atoms with van der Waals surface area (Å²) < 4.78 is 28.7.